The number of hydrogen-bond acceptors (Lipinski definition) is 7. The molecule has 3 aromatic rings. The Morgan fingerprint density at radius 2 is 2.00 bits per heavy atom. The molecule has 2 fully saturated rings. The topological polar surface area (TPSA) is 98.7 Å². The Morgan fingerprint density at radius 3 is 2.87 bits per heavy atom. The van der Waals surface area contributed by atoms with Crippen molar-refractivity contribution in [2.75, 3.05) is 19.8 Å². The minimum Gasteiger partial charge on any atom is -0.472 e. The molecule has 2 saturated heterocycles. The molecule has 0 saturated carbocycles. The number of ether oxygens (including phenoxy) is 4. The zero-order valence-electron chi connectivity index (χ0n) is 15.9. The Hall–Kier alpha value is -2.65. The second kappa shape index (κ2) is 8.23. The molecule has 30 heavy (non-hydrogen) atoms. The largest absolute Gasteiger partial charge is 0.472 e. The number of H-pyrrole nitrogens is 1. The number of halogens is 1. The van der Waals surface area contributed by atoms with Gasteiger partial charge in [-0.05, 0) is 17.7 Å². The average Bonchev–Trinajstić information content (AvgIpc) is 3.43. The molecule has 2 N–H and O–H groups in total. The first-order valence-corrected chi connectivity index (χ1v) is 10.0. The lowest BCUT2D eigenvalue weighted by molar-refractivity contribution is 0.00706. The van der Waals surface area contributed by atoms with Crippen molar-refractivity contribution in [2.45, 2.75) is 24.4 Å². The third kappa shape index (κ3) is 3.87. The molecule has 0 aliphatic carbocycles. The minimum absolute atomic E-state index is 0.242. The van der Waals surface area contributed by atoms with Crippen molar-refractivity contribution >= 4 is 28.8 Å². The molecule has 5 rings (SSSR count). The van der Waals surface area contributed by atoms with Crippen molar-refractivity contribution in [2.24, 2.45) is 0 Å². The standard InChI is InChI=1S/C21H20ClN3O5/c22-13-9-14-19(24-20(13)27-8-4-7-12-5-2-1-3-6-12)25-21(23-14)30-16-11-29-17-15(26)10-28-18(16)17/h1-7,9,15-18,26H,8,10-11H2,(H,23,24,25)/b7-4+/t15-,16-,17-,18?/m1/s1. The average molecular weight is 430 g/mol. The summed E-state index contributed by atoms with van der Waals surface area (Å²) in [6.45, 7) is 0.884. The lowest BCUT2D eigenvalue weighted by Gasteiger charge is -2.15. The van der Waals surface area contributed by atoms with Crippen molar-refractivity contribution in [3.63, 3.8) is 0 Å². The summed E-state index contributed by atoms with van der Waals surface area (Å²) in [5.41, 5.74) is 2.14. The summed E-state index contributed by atoms with van der Waals surface area (Å²) in [6, 6.07) is 11.9. The molecule has 2 aliphatic heterocycles. The van der Waals surface area contributed by atoms with Crippen molar-refractivity contribution in [1.29, 1.82) is 0 Å². The number of benzene rings is 1. The van der Waals surface area contributed by atoms with Crippen LogP contribution in [0.25, 0.3) is 17.2 Å². The van der Waals surface area contributed by atoms with Gasteiger partial charge in [-0.15, -0.1) is 0 Å². The fourth-order valence-corrected chi connectivity index (χ4v) is 3.81. The number of pyridine rings is 1. The Bertz CT molecular complexity index is 1060. The number of aromatic amines is 1. The van der Waals surface area contributed by atoms with Gasteiger partial charge in [-0.3, -0.25) is 0 Å². The van der Waals surface area contributed by atoms with E-state index >= 15 is 0 Å². The summed E-state index contributed by atoms with van der Waals surface area (Å²) >= 11 is 6.30. The van der Waals surface area contributed by atoms with Gasteiger partial charge >= 0.3 is 0 Å². The first-order valence-electron chi connectivity index (χ1n) is 9.66. The molecule has 156 valence electrons. The number of aromatic nitrogens is 3. The van der Waals surface area contributed by atoms with Crippen LogP contribution in [0.1, 0.15) is 5.56 Å². The summed E-state index contributed by atoms with van der Waals surface area (Å²) in [7, 11) is 0. The molecule has 8 nitrogen and oxygen atoms in total. The highest BCUT2D eigenvalue weighted by Crippen LogP contribution is 2.31. The van der Waals surface area contributed by atoms with Crippen molar-refractivity contribution < 1.29 is 24.1 Å². The van der Waals surface area contributed by atoms with Crippen molar-refractivity contribution in [3.05, 3.63) is 53.1 Å². The maximum atomic E-state index is 9.84. The van der Waals surface area contributed by atoms with Gasteiger partial charge in [-0.1, -0.05) is 48.0 Å². The molecule has 1 unspecified atom stereocenters. The van der Waals surface area contributed by atoms with Crippen LogP contribution in [0.5, 0.6) is 11.9 Å². The maximum Gasteiger partial charge on any atom is 0.296 e. The number of fused-ring (bicyclic) bond motifs is 2. The smallest absolute Gasteiger partial charge is 0.296 e. The van der Waals surface area contributed by atoms with E-state index in [1.54, 1.807) is 6.07 Å². The van der Waals surface area contributed by atoms with E-state index in [-0.39, 0.29) is 30.9 Å². The van der Waals surface area contributed by atoms with Crippen LogP contribution in [-0.4, -0.2) is 64.3 Å². The zero-order valence-corrected chi connectivity index (χ0v) is 16.7. The first kappa shape index (κ1) is 19.3. The monoisotopic (exact) mass is 429 g/mol. The quantitative estimate of drug-likeness (QED) is 0.621. The predicted molar refractivity (Wildman–Crippen MR) is 110 cm³/mol. The van der Waals surface area contributed by atoms with E-state index in [1.807, 2.05) is 42.5 Å². The Labute approximate surface area is 177 Å². The van der Waals surface area contributed by atoms with Gasteiger partial charge in [-0.25, -0.2) is 0 Å². The van der Waals surface area contributed by atoms with E-state index in [1.165, 1.54) is 0 Å². The van der Waals surface area contributed by atoms with E-state index in [4.69, 9.17) is 30.5 Å². The Morgan fingerprint density at radius 1 is 1.17 bits per heavy atom. The van der Waals surface area contributed by atoms with Crippen LogP contribution in [0.4, 0.5) is 0 Å². The number of nitrogens with one attached hydrogen (secondary N) is 1. The van der Waals surface area contributed by atoms with Gasteiger partial charge < -0.3 is 29.0 Å². The molecule has 0 spiro atoms. The molecule has 1 aromatic carbocycles. The molecule has 0 radical (unpaired) electrons. The van der Waals surface area contributed by atoms with Crippen LogP contribution in [0, 0.1) is 0 Å². The van der Waals surface area contributed by atoms with Gasteiger partial charge in [0.2, 0.25) is 5.88 Å². The zero-order chi connectivity index (χ0) is 20.5. The minimum atomic E-state index is -0.629. The van der Waals surface area contributed by atoms with Gasteiger partial charge in [0.05, 0.1) is 18.7 Å². The Kier molecular flexibility index (Phi) is 5.30. The second-order valence-corrected chi connectivity index (χ2v) is 7.54. The molecule has 9 heteroatoms. The van der Waals surface area contributed by atoms with E-state index in [9.17, 15) is 5.11 Å². The number of aliphatic hydroxyl groups is 1. The lowest BCUT2D eigenvalue weighted by atomic mass is 10.1. The first-order chi connectivity index (χ1) is 14.7. The normalized spacial score (nSPS) is 25.8. The third-order valence-electron chi connectivity index (χ3n) is 5.04. The molecular formula is C21H20ClN3O5. The third-order valence-corrected chi connectivity index (χ3v) is 5.31. The fourth-order valence-electron chi connectivity index (χ4n) is 3.60. The van der Waals surface area contributed by atoms with E-state index in [0.717, 1.165) is 5.56 Å². The molecule has 2 aromatic heterocycles. The lowest BCUT2D eigenvalue weighted by Crippen LogP contribution is -2.34. The summed E-state index contributed by atoms with van der Waals surface area (Å²) < 4.78 is 22.7. The number of aliphatic hydroxyl groups excluding tert-OH is 1. The van der Waals surface area contributed by atoms with Gasteiger partial charge in [0.15, 0.2) is 11.8 Å². The van der Waals surface area contributed by atoms with Crippen molar-refractivity contribution in [3.8, 4) is 11.9 Å². The van der Waals surface area contributed by atoms with E-state index in [0.29, 0.717) is 35.3 Å². The van der Waals surface area contributed by atoms with Crippen LogP contribution in [0.2, 0.25) is 5.02 Å². The Balaban J connectivity index is 1.26. The second-order valence-electron chi connectivity index (χ2n) is 7.13. The molecule has 2 aliphatic rings. The van der Waals surface area contributed by atoms with Crippen LogP contribution < -0.4 is 9.47 Å². The van der Waals surface area contributed by atoms with Crippen LogP contribution in [0.15, 0.2) is 42.5 Å². The highest BCUT2D eigenvalue weighted by molar-refractivity contribution is 6.32. The highest BCUT2D eigenvalue weighted by atomic mass is 35.5. The molecule has 0 bridgehead atoms. The fraction of sp³-hybridized carbons (Fsp3) is 0.333. The van der Waals surface area contributed by atoms with Crippen LogP contribution in [-0.2, 0) is 9.47 Å². The number of rotatable bonds is 6. The number of hydrogen-bond donors (Lipinski definition) is 2. The van der Waals surface area contributed by atoms with Crippen LogP contribution >= 0.6 is 11.6 Å². The number of imidazole rings is 1. The summed E-state index contributed by atoms with van der Waals surface area (Å²) in [4.78, 5) is 11.8. The predicted octanol–water partition coefficient (Wildman–Crippen LogP) is 2.61. The van der Waals surface area contributed by atoms with Gasteiger partial charge in [0, 0.05) is 0 Å². The summed E-state index contributed by atoms with van der Waals surface area (Å²) in [5.74, 6) is 0.298. The molecule has 4 atom stereocenters. The summed E-state index contributed by atoms with van der Waals surface area (Å²) in [5, 5.41) is 10.2. The van der Waals surface area contributed by atoms with E-state index < -0.39 is 6.10 Å². The molecule has 0 amide bonds. The van der Waals surface area contributed by atoms with Gasteiger partial charge in [0.25, 0.3) is 6.01 Å². The van der Waals surface area contributed by atoms with Gasteiger partial charge in [0.1, 0.15) is 29.9 Å². The van der Waals surface area contributed by atoms with E-state index in [2.05, 4.69) is 15.0 Å². The highest BCUT2D eigenvalue weighted by Gasteiger charge is 2.48. The van der Waals surface area contributed by atoms with Gasteiger partial charge in [-0.2, -0.15) is 9.97 Å². The summed E-state index contributed by atoms with van der Waals surface area (Å²) in [6.07, 6.45) is 2.18. The molecular weight excluding hydrogens is 410 g/mol. The maximum absolute atomic E-state index is 9.84. The number of nitrogens with zero attached hydrogens (tertiary/aromatic N) is 2. The SMILES string of the molecule is O[C@@H]1COC2[C@H](Oc3nc4nc(OC/C=C/c5ccccc5)c(Cl)cc4[nH]3)CO[C@@H]21. The van der Waals surface area contributed by atoms with Crippen molar-refractivity contribution in [1.82, 2.24) is 15.0 Å². The van der Waals surface area contributed by atoms with Crippen LogP contribution in [0.3, 0.4) is 0 Å². The molecule has 4 heterocycles.